The molecule has 1 aromatic heterocycles. The van der Waals surface area contributed by atoms with Gasteiger partial charge in [0.25, 0.3) is 11.8 Å². The minimum absolute atomic E-state index is 0.172. The summed E-state index contributed by atoms with van der Waals surface area (Å²) in [5.41, 5.74) is 3.26. The van der Waals surface area contributed by atoms with Crippen LogP contribution in [0.15, 0.2) is 41.8 Å². The van der Waals surface area contributed by atoms with Crippen LogP contribution in [-0.4, -0.2) is 31.0 Å². The number of hydrazine groups is 1. The van der Waals surface area contributed by atoms with Gasteiger partial charge in [-0.05, 0) is 29.6 Å². The Morgan fingerprint density at radius 1 is 1.04 bits per heavy atom. The number of ether oxygens (including phenoxy) is 2. The molecule has 0 radical (unpaired) electrons. The average Bonchev–Trinajstić information content (AvgIpc) is 3.17. The van der Waals surface area contributed by atoms with E-state index >= 15 is 0 Å². The predicted molar refractivity (Wildman–Crippen MR) is 87.8 cm³/mol. The van der Waals surface area contributed by atoms with E-state index in [1.54, 1.807) is 17.5 Å². The van der Waals surface area contributed by atoms with Crippen LogP contribution >= 0.6 is 11.3 Å². The summed E-state index contributed by atoms with van der Waals surface area (Å²) in [6.07, 6.45) is -4.54. The summed E-state index contributed by atoms with van der Waals surface area (Å²) in [7, 11) is 0. The maximum Gasteiger partial charge on any atom is 0.416 e. The molecule has 11 heteroatoms. The Hall–Kier alpha value is -3.08. The fraction of sp³-hybridized carbons (Fsp3) is 0.188. The molecular formula is C16H13F3N2O5S. The molecule has 2 amide bonds. The smallest absolute Gasteiger partial charge is 0.416 e. The van der Waals surface area contributed by atoms with Crippen LogP contribution in [0.1, 0.15) is 15.2 Å². The highest BCUT2D eigenvalue weighted by atomic mass is 32.1. The zero-order valence-corrected chi connectivity index (χ0v) is 14.4. The van der Waals surface area contributed by atoms with Crippen molar-refractivity contribution in [3.8, 4) is 5.75 Å². The summed E-state index contributed by atoms with van der Waals surface area (Å²) < 4.78 is 47.2. The highest BCUT2D eigenvalue weighted by Gasteiger charge is 2.30. The van der Waals surface area contributed by atoms with Crippen molar-refractivity contribution in [2.75, 3.05) is 13.2 Å². The van der Waals surface area contributed by atoms with Crippen LogP contribution in [-0.2, 0) is 20.5 Å². The summed E-state index contributed by atoms with van der Waals surface area (Å²) in [5, 5.41) is 1.68. The number of rotatable bonds is 6. The highest BCUT2D eigenvalue weighted by molar-refractivity contribution is 7.12. The van der Waals surface area contributed by atoms with Gasteiger partial charge in [-0.2, -0.15) is 13.2 Å². The number of benzene rings is 1. The molecule has 1 aromatic carbocycles. The van der Waals surface area contributed by atoms with E-state index < -0.39 is 42.7 Å². The zero-order chi connectivity index (χ0) is 19.9. The van der Waals surface area contributed by atoms with Crippen molar-refractivity contribution in [2.24, 2.45) is 0 Å². The van der Waals surface area contributed by atoms with Crippen LogP contribution in [0.3, 0.4) is 0 Å². The number of alkyl halides is 3. The van der Waals surface area contributed by atoms with Gasteiger partial charge in [0.15, 0.2) is 13.2 Å². The molecule has 0 spiro atoms. The molecule has 7 nitrogen and oxygen atoms in total. The normalized spacial score (nSPS) is 10.8. The van der Waals surface area contributed by atoms with Gasteiger partial charge in [-0.3, -0.25) is 20.4 Å². The quantitative estimate of drug-likeness (QED) is 0.571. The Balaban J connectivity index is 1.70. The third kappa shape index (κ3) is 6.62. The van der Waals surface area contributed by atoms with Gasteiger partial charge in [-0.1, -0.05) is 12.1 Å². The SMILES string of the molecule is O=C(COC(=O)COc1cccc(C(F)(F)F)c1)NNC(=O)c1cccs1. The molecule has 0 aliphatic heterocycles. The van der Waals surface area contributed by atoms with Crippen molar-refractivity contribution in [2.45, 2.75) is 6.18 Å². The van der Waals surface area contributed by atoms with E-state index in [1.807, 2.05) is 5.43 Å². The summed E-state index contributed by atoms with van der Waals surface area (Å²) >= 11 is 1.17. The van der Waals surface area contributed by atoms with Gasteiger partial charge >= 0.3 is 12.1 Å². The molecule has 2 aromatic rings. The molecule has 0 unspecified atom stereocenters. The lowest BCUT2D eigenvalue weighted by Crippen LogP contribution is -2.43. The van der Waals surface area contributed by atoms with E-state index in [9.17, 15) is 27.6 Å². The van der Waals surface area contributed by atoms with Crippen LogP contribution < -0.4 is 15.6 Å². The van der Waals surface area contributed by atoms with Crippen molar-refractivity contribution < 1.29 is 37.0 Å². The van der Waals surface area contributed by atoms with Crippen LogP contribution in [0.5, 0.6) is 5.75 Å². The Morgan fingerprint density at radius 2 is 1.81 bits per heavy atom. The Bertz CT molecular complexity index is 809. The van der Waals surface area contributed by atoms with Gasteiger partial charge < -0.3 is 9.47 Å². The molecule has 0 fully saturated rings. The molecule has 0 aliphatic carbocycles. The number of amides is 2. The summed E-state index contributed by atoms with van der Waals surface area (Å²) in [6, 6.07) is 7.19. The van der Waals surface area contributed by atoms with E-state index in [0.717, 1.165) is 18.2 Å². The van der Waals surface area contributed by atoms with Gasteiger partial charge in [0, 0.05) is 0 Å². The number of halogens is 3. The number of nitrogens with one attached hydrogen (secondary N) is 2. The molecule has 2 rings (SSSR count). The monoisotopic (exact) mass is 402 g/mol. The van der Waals surface area contributed by atoms with Crippen LogP contribution in [0.25, 0.3) is 0 Å². The molecule has 1 heterocycles. The first kappa shape index (κ1) is 20.2. The number of hydrogen-bond donors (Lipinski definition) is 2. The maximum atomic E-state index is 12.6. The minimum atomic E-state index is -4.54. The van der Waals surface area contributed by atoms with Crippen LogP contribution in [0, 0.1) is 0 Å². The first-order chi connectivity index (χ1) is 12.8. The number of carbonyl (C=O) groups excluding carboxylic acids is 3. The molecule has 0 atom stereocenters. The lowest BCUT2D eigenvalue weighted by atomic mass is 10.2. The zero-order valence-electron chi connectivity index (χ0n) is 13.5. The Labute approximate surface area is 155 Å². The number of thiophene rings is 1. The third-order valence-corrected chi connectivity index (χ3v) is 3.81. The number of esters is 1. The summed E-state index contributed by atoms with van der Waals surface area (Å²) in [6.45, 7) is -1.38. The van der Waals surface area contributed by atoms with E-state index in [1.165, 1.54) is 17.4 Å². The number of hydrogen-bond acceptors (Lipinski definition) is 6. The van der Waals surface area contributed by atoms with Gasteiger partial charge in [0.05, 0.1) is 10.4 Å². The molecule has 0 saturated carbocycles. The van der Waals surface area contributed by atoms with E-state index in [4.69, 9.17) is 4.74 Å². The van der Waals surface area contributed by atoms with Gasteiger partial charge in [-0.25, -0.2) is 4.79 Å². The van der Waals surface area contributed by atoms with Gasteiger partial charge in [0.2, 0.25) is 0 Å². The van der Waals surface area contributed by atoms with E-state index in [2.05, 4.69) is 10.2 Å². The fourth-order valence-corrected chi connectivity index (χ4v) is 2.34. The van der Waals surface area contributed by atoms with Crippen molar-refractivity contribution in [1.82, 2.24) is 10.9 Å². The fourth-order valence-electron chi connectivity index (χ4n) is 1.72. The maximum absolute atomic E-state index is 12.6. The topological polar surface area (TPSA) is 93.7 Å². The largest absolute Gasteiger partial charge is 0.482 e. The highest BCUT2D eigenvalue weighted by Crippen LogP contribution is 2.31. The molecule has 0 bridgehead atoms. The van der Waals surface area contributed by atoms with Crippen molar-refractivity contribution in [1.29, 1.82) is 0 Å². The second-order valence-electron chi connectivity index (χ2n) is 4.95. The van der Waals surface area contributed by atoms with Crippen LogP contribution in [0.2, 0.25) is 0 Å². The lowest BCUT2D eigenvalue weighted by Gasteiger charge is -2.10. The lowest BCUT2D eigenvalue weighted by molar-refractivity contribution is -0.150. The molecule has 0 aliphatic rings. The van der Waals surface area contributed by atoms with Crippen molar-refractivity contribution >= 4 is 29.1 Å². The predicted octanol–water partition coefficient (Wildman–Crippen LogP) is 2.15. The van der Waals surface area contributed by atoms with Gasteiger partial charge in [0.1, 0.15) is 5.75 Å². The first-order valence-electron chi connectivity index (χ1n) is 7.34. The number of carbonyl (C=O) groups is 3. The standard InChI is InChI=1S/C16H13F3N2O5S/c17-16(18,19)10-3-1-4-11(7-10)25-9-14(23)26-8-13(22)20-21-15(24)12-5-2-6-27-12/h1-7H,8-9H2,(H,20,22)(H,21,24). The van der Waals surface area contributed by atoms with Gasteiger partial charge in [-0.15, -0.1) is 11.3 Å². The Morgan fingerprint density at radius 3 is 2.48 bits per heavy atom. The first-order valence-corrected chi connectivity index (χ1v) is 8.22. The van der Waals surface area contributed by atoms with Crippen LogP contribution in [0.4, 0.5) is 13.2 Å². The molecule has 144 valence electrons. The minimum Gasteiger partial charge on any atom is -0.482 e. The second-order valence-corrected chi connectivity index (χ2v) is 5.90. The van der Waals surface area contributed by atoms with Crippen molar-refractivity contribution in [3.05, 3.63) is 52.2 Å². The Kier molecular flexibility index (Phi) is 6.77. The summed E-state index contributed by atoms with van der Waals surface area (Å²) in [5.74, 6) is -2.47. The third-order valence-electron chi connectivity index (χ3n) is 2.94. The second kappa shape index (κ2) is 9.03. The molecular weight excluding hydrogens is 389 g/mol. The van der Waals surface area contributed by atoms with Crippen molar-refractivity contribution in [3.63, 3.8) is 0 Å². The molecule has 0 saturated heterocycles. The summed E-state index contributed by atoms with van der Waals surface area (Å²) in [4.78, 5) is 34.9. The molecule has 27 heavy (non-hydrogen) atoms. The van der Waals surface area contributed by atoms with E-state index in [-0.39, 0.29) is 5.75 Å². The van der Waals surface area contributed by atoms with E-state index in [0.29, 0.717) is 4.88 Å². The molecule has 2 N–H and O–H groups in total. The average molecular weight is 402 g/mol.